The molecule has 0 unspecified atom stereocenters. The van der Waals surface area contributed by atoms with Crippen LogP contribution >= 0.6 is 12.2 Å². The van der Waals surface area contributed by atoms with Crippen LogP contribution in [0.25, 0.3) is 0 Å². The van der Waals surface area contributed by atoms with Gasteiger partial charge in [-0.2, -0.15) is 0 Å². The Morgan fingerprint density at radius 1 is 1.62 bits per heavy atom. The summed E-state index contributed by atoms with van der Waals surface area (Å²) < 4.78 is 0. The van der Waals surface area contributed by atoms with E-state index in [4.69, 9.17) is 18.0 Å². The standard InChI is InChI=1S/C12H17N3S/c1-2-7-15(9-3-4-9)11-8-14-6-5-10(11)12(13)16/h5-6,8-9H,2-4,7H2,1H3,(H2,13,16). The van der Waals surface area contributed by atoms with Gasteiger partial charge in [-0.1, -0.05) is 19.1 Å². The molecule has 16 heavy (non-hydrogen) atoms. The molecule has 2 N–H and O–H groups in total. The number of pyridine rings is 1. The van der Waals surface area contributed by atoms with E-state index in [9.17, 15) is 0 Å². The molecule has 1 aromatic heterocycles. The van der Waals surface area contributed by atoms with Crippen molar-refractivity contribution in [2.75, 3.05) is 11.4 Å². The van der Waals surface area contributed by atoms with Crippen molar-refractivity contribution in [2.45, 2.75) is 32.2 Å². The smallest absolute Gasteiger partial charge is 0.106 e. The van der Waals surface area contributed by atoms with Crippen molar-refractivity contribution in [3.05, 3.63) is 24.0 Å². The van der Waals surface area contributed by atoms with Gasteiger partial charge in [-0.15, -0.1) is 0 Å². The first-order valence-electron chi connectivity index (χ1n) is 5.74. The van der Waals surface area contributed by atoms with E-state index < -0.39 is 0 Å². The third-order valence-corrected chi connectivity index (χ3v) is 3.05. The van der Waals surface area contributed by atoms with E-state index in [2.05, 4.69) is 16.8 Å². The summed E-state index contributed by atoms with van der Waals surface area (Å²) in [5, 5.41) is 0. The molecule has 1 saturated carbocycles. The summed E-state index contributed by atoms with van der Waals surface area (Å²) in [6.45, 7) is 3.23. The molecule has 0 spiro atoms. The maximum Gasteiger partial charge on any atom is 0.106 e. The van der Waals surface area contributed by atoms with Crippen LogP contribution in [0.5, 0.6) is 0 Å². The lowest BCUT2D eigenvalue weighted by Gasteiger charge is -2.25. The lowest BCUT2D eigenvalue weighted by atomic mass is 10.2. The maximum absolute atomic E-state index is 5.75. The lowest BCUT2D eigenvalue weighted by molar-refractivity contribution is 0.760. The molecule has 0 saturated heterocycles. The Kier molecular flexibility index (Phi) is 3.39. The van der Waals surface area contributed by atoms with Crippen molar-refractivity contribution in [3.63, 3.8) is 0 Å². The fourth-order valence-corrected chi connectivity index (χ4v) is 2.12. The molecule has 0 aromatic carbocycles. The SMILES string of the molecule is CCCN(c1cnccc1C(N)=S)C1CC1. The predicted octanol–water partition coefficient (Wildman–Crippen LogP) is 2.09. The van der Waals surface area contributed by atoms with E-state index in [0.717, 1.165) is 24.2 Å². The Hall–Kier alpha value is -1.16. The summed E-state index contributed by atoms with van der Waals surface area (Å²) >= 11 is 5.08. The van der Waals surface area contributed by atoms with Crippen molar-refractivity contribution in [2.24, 2.45) is 5.73 Å². The Morgan fingerprint density at radius 2 is 2.38 bits per heavy atom. The molecule has 1 fully saturated rings. The second-order valence-electron chi connectivity index (χ2n) is 4.18. The Morgan fingerprint density at radius 3 is 2.94 bits per heavy atom. The molecular weight excluding hydrogens is 218 g/mol. The highest BCUT2D eigenvalue weighted by Gasteiger charge is 2.30. The first-order valence-corrected chi connectivity index (χ1v) is 6.15. The van der Waals surface area contributed by atoms with E-state index in [0.29, 0.717) is 11.0 Å². The van der Waals surface area contributed by atoms with Crippen molar-refractivity contribution in [1.82, 2.24) is 4.98 Å². The molecule has 3 nitrogen and oxygen atoms in total. The average Bonchev–Trinajstić information content (AvgIpc) is 3.10. The highest BCUT2D eigenvalue weighted by atomic mass is 32.1. The lowest BCUT2D eigenvalue weighted by Crippen LogP contribution is -2.29. The van der Waals surface area contributed by atoms with Crippen LogP contribution in [0.3, 0.4) is 0 Å². The van der Waals surface area contributed by atoms with Gasteiger partial charge in [-0.25, -0.2) is 0 Å². The Labute approximate surface area is 102 Å². The summed E-state index contributed by atoms with van der Waals surface area (Å²) in [6, 6.07) is 2.57. The third kappa shape index (κ3) is 2.32. The van der Waals surface area contributed by atoms with Gasteiger partial charge in [0.15, 0.2) is 0 Å². The zero-order valence-electron chi connectivity index (χ0n) is 9.52. The van der Waals surface area contributed by atoms with Gasteiger partial charge in [0.05, 0.1) is 11.9 Å². The molecule has 0 bridgehead atoms. The maximum atomic E-state index is 5.75. The number of anilines is 1. The van der Waals surface area contributed by atoms with E-state index in [1.165, 1.54) is 12.8 Å². The fraction of sp³-hybridized carbons (Fsp3) is 0.500. The fourth-order valence-electron chi connectivity index (χ4n) is 1.95. The van der Waals surface area contributed by atoms with E-state index >= 15 is 0 Å². The summed E-state index contributed by atoms with van der Waals surface area (Å²) in [5.41, 5.74) is 7.79. The molecule has 0 atom stereocenters. The Bertz CT molecular complexity index is 388. The second kappa shape index (κ2) is 4.78. The van der Waals surface area contributed by atoms with Crippen LogP contribution < -0.4 is 10.6 Å². The molecule has 86 valence electrons. The van der Waals surface area contributed by atoms with Crippen LogP contribution in [-0.4, -0.2) is 22.6 Å². The first-order chi connectivity index (χ1) is 7.74. The van der Waals surface area contributed by atoms with Crippen molar-refractivity contribution >= 4 is 22.9 Å². The van der Waals surface area contributed by atoms with Crippen LogP contribution in [0.4, 0.5) is 5.69 Å². The molecule has 1 aliphatic carbocycles. The largest absolute Gasteiger partial charge is 0.389 e. The second-order valence-corrected chi connectivity index (χ2v) is 4.62. The van der Waals surface area contributed by atoms with Crippen LogP contribution in [-0.2, 0) is 0 Å². The zero-order valence-corrected chi connectivity index (χ0v) is 10.3. The van der Waals surface area contributed by atoms with Gasteiger partial charge in [0, 0.05) is 24.3 Å². The molecule has 0 radical (unpaired) electrons. The van der Waals surface area contributed by atoms with Gasteiger partial charge in [0.1, 0.15) is 4.99 Å². The van der Waals surface area contributed by atoms with Crippen molar-refractivity contribution < 1.29 is 0 Å². The molecule has 2 rings (SSSR count). The Balaban J connectivity index is 2.32. The highest BCUT2D eigenvalue weighted by molar-refractivity contribution is 7.80. The minimum absolute atomic E-state index is 0.458. The average molecular weight is 235 g/mol. The minimum atomic E-state index is 0.458. The number of hydrogen-bond donors (Lipinski definition) is 1. The van der Waals surface area contributed by atoms with Gasteiger partial charge >= 0.3 is 0 Å². The zero-order chi connectivity index (χ0) is 11.5. The first kappa shape index (κ1) is 11.3. The molecule has 1 aromatic rings. The summed E-state index contributed by atoms with van der Waals surface area (Å²) in [5.74, 6) is 0. The van der Waals surface area contributed by atoms with Crippen LogP contribution in [0.2, 0.25) is 0 Å². The number of rotatable bonds is 5. The highest BCUT2D eigenvalue weighted by Crippen LogP contribution is 2.33. The minimum Gasteiger partial charge on any atom is -0.389 e. The quantitative estimate of drug-likeness (QED) is 0.794. The van der Waals surface area contributed by atoms with Crippen LogP contribution in [0.1, 0.15) is 31.7 Å². The number of nitrogens with two attached hydrogens (primary N) is 1. The molecule has 1 aliphatic rings. The number of aromatic nitrogens is 1. The van der Waals surface area contributed by atoms with Crippen LogP contribution in [0, 0.1) is 0 Å². The number of thiocarbonyl (C=S) groups is 1. The van der Waals surface area contributed by atoms with Gasteiger partial charge < -0.3 is 10.6 Å². The van der Waals surface area contributed by atoms with Crippen molar-refractivity contribution in [1.29, 1.82) is 0 Å². The molecular formula is C12H17N3S. The summed E-state index contributed by atoms with van der Waals surface area (Å²) in [7, 11) is 0. The van der Waals surface area contributed by atoms with E-state index in [-0.39, 0.29) is 0 Å². The molecule has 4 heteroatoms. The van der Waals surface area contributed by atoms with Crippen LogP contribution in [0.15, 0.2) is 18.5 Å². The van der Waals surface area contributed by atoms with E-state index in [1.807, 2.05) is 12.3 Å². The third-order valence-electron chi connectivity index (χ3n) is 2.83. The van der Waals surface area contributed by atoms with Gasteiger partial charge in [0.2, 0.25) is 0 Å². The molecule has 1 heterocycles. The van der Waals surface area contributed by atoms with Crippen molar-refractivity contribution in [3.8, 4) is 0 Å². The monoisotopic (exact) mass is 235 g/mol. The normalized spacial score (nSPS) is 14.8. The predicted molar refractivity (Wildman–Crippen MR) is 70.8 cm³/mol. The van der Waals surface area contributed by atoms with E-state index in [1.54, 1.807) is 6.20 Å². The number of hydrogen-bond acceptors (Lipinski definition) is 3. The summed E-state index contributed by atoms with van der Waals surface area (Å²) in [6.07, 6.45) is 7.29. The topological polar surface area (TPSA) is 42.2 Å². The van der Waals surface area contributed by atoms with Gasteiger partial charge in [0.25, 0.3) is 0 Å². The van der Waals surface area contributed by atoms with Gasteiger partial charge in [-0.3, -0.25) is 4.98 Å². The summed E-state index contributed by atoms with van der Waals surface area (Å²) in [4.78, 5) is 7.03. The molecule has 0 amide bonds. The number of nitrogens with zero attached hydrogens (tertiary/aromatic N) is 2. The van der Waals surface area contributed by atoms with Gasteiger partial charge in [-0.05, 0) is 25.3 Å². The molecule has 0 aliphatic heterocycles.